The summed E-state index contributed by atoms with van der Waals surface area (Å²) in [5.74, 6) is 2.97. The van der Waals surface area contributed by atoms with Crippen molar-refractivity contribution in [2.24, 2.45) is 17.8 Å². The van der Waals surface area contributed by atoms with E-state index < -0.39 is 0 Å². The number of aromatic amines is 1. The molecule has 4 nitrogen and oxygen atoms in total. The summed E-state index contributed by atoms with van der Waals surface area (Å²) in [6, 6.07) is 6.72. The van der Waals surface area contributed by atoms with Gasteiger partial charge >= 0.3 is 0 Å². The van der Waals surface area contributed by atoms with Crippen LogP contribution in [0.3, 0.4) is 0 Å². The maximum Gasteiger partial charge on any atom is 0.195 e. The summed E-state index contributed by atoms with van der Waals surface area (Å²) in [7, 11) is 0. The molecule has 0 amide bonds. The number of benzene rings is 1. The minimum absolute atomic E-state index is 0.208. The highest BCUT2D eigenvalue weighted by Gasteiger charge is 2.42. The van der Waals surface area contributed by atoms with Crippen molar-refractivity contribution in [2.75, 3.05) is 0 Å². The molecule has 4 atom stereocenters. The molecule has 1 aromatic heterocycles. The molecule has 2 bridgehead atoms. The van der Waals surface area contributed by atoms with Gasteiger partial charge in [-0.2, -0.15) is 5.10 Å². The number of ether oxygens (including phenoxy) is 1. The van der Waals surface area contributed by atoms with Crippen molar-refractivity contribution >= 4 is 12.2 Å². The lowest BCUT2D eigenvalue weighted by atomic mass is 9.84. The van der Waals surface area contributed by atoms with E-state index in [-0.39, 0.29) is 18.2 Å². The Morgan fingerprint density at radius 1 is 1.38 bits per heavy atom. The summed E-state index contributed by atoms with van der Waals surface area (Å²) in [5, 5.41) is 7.19. The van der Waals surface area contributed by atoms with Crippen molar-refractivity contribution in [1.82, 2.24) is 14.8 Å². The fourth-order valence-electron chi connectivity index (χ4n) is 4.64. The van der Waals surface area contributed by atoms with Crippen LogP contribution in [0, 0.1) is 28.3 Å². The van der Waals surface area contributed by atoms with E-state index in [0.717, 1.165) is 17.7 Å². The lowest BCUT2D eigenvalue weighted by molar-refractivity contribution is 0.221. The fraction of sp³-hybridized carbons (Fsp3) is 0.556. The van der Waals surface area contributed by atoms with Gasteiger partial charge in [0.25, 0.3) is 0 Å². The van der Waals surface area contributed by atoms with Crippen LogP contribution in [-0.2, 0) is 6.61 Å². The van der Waals surface area contributed by atoms with E-state index in [1.807, 2.05) is 0 Å². The zero-order valence-corrected chi connectivity index (χ0v) is 14.6. The van der Waals surface area contributed by atoms with Gasteiger partial charge in [-0.05, 0) is 68.3 Å². The van der Waals surface area contributed by atoms with Crippen LogP contribution in [0.5, 0.6) is 5.75 Å². The van der Waals surface area contributed by atoms with Gasteiger partial charge in [-0.15, -0.1) is 0 Å². The highest BCUT2D eigenvalue weighted by atomic mass is 32.1. The lowest BCUT2D eigenvalue weighted by Gasteiger charge is -2.29. The van der Waals surface area contributed by atoms with Crippen LogP contribution >= 0.6 is 12.2 Å². The van der Waals surface area contributed by atoms with Gasteiger partial charge in [-0.25, -0.2) is 4.39 Å². The maximum absolute atomic E-state index is 13.7. The van der Waals surface area contributed by atoms with Crippen molar-refractivity contribution in [3.8, 4) is 5.75 Å². The summed E-state index contributed by atoms with van der Waals surface area (Å²) >= 11 is 5.44. The molecule has 24 heavy (non-hydrogen) atoms. The summed E-state index contributed by atoms with van der Waals surface area (Å²) in [6.45, 7) is 2.43. The largest absolute Gasteiger partial charge is 0.483 e. The average Bonchev–Trinajstić information content (AvgIpc) is 3.29. The molecule has 0 spiro atoms. The SMILES string of the molecule is C[C@H]([C@@H]1C[C@@H]2CC[C@@H]1C2)n1c(COc2ccccc2F)n[nH]c1=S. The molecule has 6 heteroatoms. The van der Waals surface area contributed by atoms with Crippen molar-refractivity contribution in [2.45, 2.75) is 45.3 Å². The summed E-state index contributed by atoms with van der Waals surface area (Å²) in [6.07, 6.45) is 5.37. The molecule has 128 valence electrons. The van der Waals surface area contributed by atoms with Crippen LogP contribution in [-0.4, -0.2) is 14.8 Å². The maximum atomic E-state index is 13.7. The van der Waals surface area contributed by atoms with E-state index in [1.165, 1.54) is 31.7 Å². The highest BCUT2D eigenvalue weighted by molar-refractivity contribution is 7.71. The number of H-pyrrole nitrogens is 1. The highest BCUT2D eigenvalue weighted by Crippen LogP contribution is 2.52. The molecule has 0 radical (unpaired) electrons. The van der Waals surface area contributed by atoms with Gasteiger partial charge in [0.1, 0.15) is 6.61 Å². The number of hydrogen-bond donors (Lipinski definition) is 1. The predicted octanol–water partition coefficient (Wildman–Crippen LogP) is 4.66. The minimum Gasteiger partial charge on any atom is -0.483 e. The van der Waals surface area contributed by atoms with E-state index in [1.54, 1.807) is 18.2 Å². The normalized spacial score (nSPS) is 26.7. The van der Waals surface area contributed by atoms with Gasteiger partial charge in [-0.1, -0.05) is 18.6 Å². The average molecular weight is 347 g/mol. The molecule has 2 fully saturated rings. The van der Waals surface area contributed by atoms with Gasteiger partial charge in [0.2, 0.25) is 0 Å². The van der Waals surface area contributed by atoms with Crippen LogP contribution in [0.25, 0.3) is 0 Å². The standard InChI is InChI=1S/C18H22FN3OS/c1-11(14-9-12-6-7-13(14)8-12)22-17(20-21-18(22)24)10-23-16-5-3-2-4-15(16)19/h2-5,11-14H,6-10H2,1H3,(H,21,24)/t11-,12-,13-,14+/m1/s1. The molecule has 0 aliphatic heterocycles. The van der Waals surface area contributed by atoms with E-state index >= 15 is 0 Å². The number of nitrogens with zero attached hydrogens (tertiary/aromatic N) is 2. The molecule has 1 heterocycles. The predicted molar refractivity (Wildman–Crippen MR) is 91.8 cm³/mol. The third kappa shape index (κ3) is 2.77. The van der Waals surface area contributed by atoms with E-state index in [0.29, 0.717) is 16.7 Å². The summed E-state index contributed by atoms with van der Waals surface area (Å²) in [5.41, 5.74) is 0. The molecular formula is C18H22FN3OS. The van der Waals surface area contributed by atoms with E-state index in [4.69, 9.17) is 17.0 Å². The Hall–Kier alpha value is -1.69. The van der Waals surface area contributed by atoms with Crippen molar-refractivity contribution in [3.63, 3.8) is 0 Å². The summed E-state index contributed by atoms with van der Waals surface area (Å²) in [4.78, 5) is 0. The molecule has 2 aliphatic rings. The van der Waals surface area contributed by atoms with Crippen LogP contribution in [0.1, 0.15) is 44.5 Å². The van der Waals surface area contributed by atoms with Gasteiger partial charge in [-0.3, -0.25) is 9.67 Å². The summed E-state index contributed by atoms with van der Waals surface area (Å²) < 4.78 is 22.0. The first-order valence-electron chi connectivity index (χ1n) is 8.66. The first-order valence-corrected chi connectivity index (χ1v) is 9.07. The number of nitrogens with one attached hydrogen (secondary N) is 1. The minimum atomic E-state index is -0.362. The smallest absolute Gasteiger partial charge is 0.195 e. The van der Waals surface area contributed by atoms with Gasteiger partial charge in [0.05, 0.1) is 0 Å². The Bertz CT molecular complexity index is 787. The fourth-order valence-corrected chi connectivity index (χ4v) is 4.96. The number of aromatic nitrogens is 3. The second-order valence-electron chi connectivity index (χ2n) is 7.11. The van der Waals surface area contributed by atoms with Gasteiger partial charge < -0.3 is 4.74 Å². The topological polar surface area (TPSA) is 42.8 Å². The first kappa shape index (κ1) is 15.8. The molecular weight excluding hydrogens is 325 g/mol. The van der Waals surface area contributed by atoms with Gasteiger partial charge in [0.15, 0.2) is 22.2 Å². The Morgan fingerprint density at radius 2 is 2.21 bits per heavy atom. The van der Waals surface area contributed by atoms with Crippen molar-refractivity contribution in [1.29, 1.82) is 0 Å². The Balaban J connectivity index is 1.53. The van der Waals surface area contributed by atoms with Crippen LogP contribution in [0.15, 0.2) is 24.3 Å². The van der Waals surface area contributed by atoms with E-state index in [9.17, 15) is 4.39 Å². The van der Waals surface area contributed by atoms with Crippen molar-refractivity contribution in [3.05, 3.63) is 40.7 Å². The van der Waals surface area contributed by atoms with E-state index in [2.05, 4.69) is 21.7 Å². The van der Waals surface area contributed by atoms with Crippen LogP contribution in [0.4, 0.5) is 4.39 Å². The monoisotopic (exact) mass is 347 g/mol. The molecule has 2 aliphatic carbocycles. The molecule has 1 N–H and O–H groups in total. The molecule has 2 saturated carbocycles. The Labute approximate surface area is 146 Å². The van der Waals surface area contributed by atoms with Crippen molar-refractivity contribution < 1.29 is 9.13 Å². The van der Waals surface area contributed by atoms with Gasteiger partial charge in [0, 0.05) is 6.04 Å². The third-order valence-corrected chi connectivity index (χ3v) is 6.08. The molecule has 2 aromatic rings. The molecule has 0 unspecified atom stereocenters. The third-order valence-electron chi connectivity index (χ3n) is 5.79. The first-order chi connectivity index (χ1) is 11.6. The second kappa shape index (κ2) is 6.31. The number of hydrogen-bond acceptors (Lipinski definition) is 3. The molecule has 4 rings (SSSR count). The number of fused-ring (bicyclic) bond motifs is 2. The number of rotatable bonds is 5. The molecule has 0 saturated heterocycles. The number of para-hydroxylation sites is 1. The van der Waals surface area contributed by atoms with Crippen LogP contribution in [0.2, 0.25) is 0 Å². The quantitative estimate of drug-likeness (QED) is 0.800. The van der Waals surface area contributed by atoms with Crippen LogP contribution < -0.4 is 4.74 Å². The zero-order chi connectivity index (χ0) is 16.7. The zero-order valence-electron chi connectivity index (χ0n) is 13.7. The Morgan fingerprint density at radius 3 is 2.92 bits per heavy atom. The number of halogens is 1. The lowest BCUT2D eigenvalue weighted by Crippen LogP contribution is -2.24. The second-order valence-corrected chi connectivity index (χ2v) is 7.50. The Kier molecular flexibility index (Phi) is 4.16. The molecule has 1 aromatic carbocycles.